The Bertz CT molecular complexity index is 140. The van der Waals surface area contributed by atoms with Crippen molar-refractivity contribution in [3.8, 4) is 0 Å². The molecule has 0 aromatic heterocycles. The average molecular weight is 155 g/mol. The first-order valence-electron chi connectivity index (χ1n) is 3.75. The zero-order valence-electron chi connectivity index (χ0n) is 7.63. The minimum absolute atomic E-state index is 0.752. The van der Waals surface area contributed by atoms with Crippen LogP contribution in [0.25, 0.3) is 0 Å². The fraction of sp³-hybridized carbons (Fsp3) is 0.556. The maximum absolute atomic E-state index is 4.95. The first kappa shape index (κ1) is 10.2. The van der Waals surface area contributed by atoms with Gasteiger partial charge in [0.05, 0.1) is 6.61 Å². The molecular weight excluding hydrogens is 138 g/mol. The van der Waals surface area contributed by atoms with Crippen molar-refractivity contribution in [1.29, 1.82) is 0 Å². The van der Waals surface area contributed by atoms with Crippen molar-refractivity contribution >= 4 is 0 Å². The number of hydrogen-bond acceptors (Lipinski definition) is 2. The number of nitrogens with zero attached hydrogens (tertiary/aromatic N) is 1. The number of ether oxygens (including phenoxy) is 1. The van der Waals surface area contributed by atoms with Crippen molar-refractivity contribution < 1.29 is 4.74 Å². The molecule has 64 valence electrons. The van der Waals surface area contributed by atoms with Crippen LogP contribution in [0.2, 0.25) is 0 Å². The van der Waals surface area contributed by atoms with Gasteiger partial charge in [0.25, 0.3) is 0 Å². The second-order valence-corrected chi connectivity index (χ2v) is 2.33. The van der Waals surface area contributed by atoms with E-state index in [1.807, 2.05) is 26.1 Å². The predicted molar refractivity (Wildman–Crippen MR) is 48.5 cm³/mol. The molecule has 0 aliphatic carbocycles. The van der Waals surface area contributed by atoms with Crippen LogP contribution in [-0.4, -0.2) is 32.2 Å². The second-order valence-electron chi connectivity index (χ2n) is 2.33. The first-order valence-corrected chi connectivity index (χ1v) is 3.75. The molecule has 0 rings (SSSR count). The molecule has 11 heavy (non-hydrogen) atoms. The van der Waals surface area contributed by atoms with Crippen LogP contribution in [0.4, 0.5) is 0 Å². The van der Waals surface area contributed by atoms with Crippen molar-refractivity contribution in [2.24, 2.45) is 0 Å². The first-order chi connectivity index (χ1) is 5.26. The summed E-state index contributed by atoms with van der Waals surface area (Å²) in [7, 11) is 3.73. The van der Waals surface area contributed by atoms with E-state index >= 15 is 0 Å². The Kier molecular flexibility index (Phi) is 5.57. The molecule has 0 spiro atoms. The quantitative estimate of drug-likeness (QED) is 0.560. The normalized spacial score (nSPS) is 11.4. The fourth-order valence-electron chi connectivity index (χ4n) is 0.851. The van der Waals surface area contributed by atoms with Crippen molar-refractivity contribution in [3.63, 3.8) is 0 Å². The molecule has 0 aromatic rings. The second kappa shape index (κ2) is 5.98. The highest BCUT2D eigenvalue weighted by molar-refractivity contribution is 5.12. The SMILES string of the molecule is C=C/C(=C\C)N(C)CCOC. The van der Waals surface area contributed by atoms with E-state index in [9.17, 15) is 0 Å². The van der Waals surface area contributed by atoms with E-state index in [0.717, 1.165) is 18.8 Å². The predicted octanol–water partition coefficient (Wildman–Crippen LogP) is 1.65. The third-order valence-corrected chi connectivity index (χ3v) is 1.58. The van der Waals surface area contributed by atoms with Gasteiger partial charge in [-0.15, -0.1) is 0 Å². The van der Waals surface area contributed by atoms with Crippen molar-refractivity contribution in [2.45, 2.75) is 6.92 Å². The van der Waals surface area contributed by atoms with Crippen molar-refractivity contribution in [2.75, 3.05) is 27.3 Å². The summed E-state index contributed by atoms with van der Waals surface area (Å²) in [6.45, 7) is 7.37. The van der Waals surface area contributed by atoms with E-state index < -0.39 is 0 Å². The van der Waals surface area contributed by atoms with E-state index in [1.54, 1.807) is 7.11 Å². The standard InChI is InChI=1S/C9H17NO/c1-5-9(6-2)10(3)7-8-11-4/h5-6H,1,7-8H2,2-4H3/b9-6+. The zero-order valence-corrected chi connectivity index (χ0v) is 7.63. The van der Waals surface area contributed by atoms with Crippen LogP contribution in [0.15, 0.2) is 24.4 Å². The highest BCUT2D eigenvalue weighted by Crippen LogP contribution is 2.00. The summed E-state index contributed by atoms with van der Waals surface area (Å²) in [4.78, 5) is 2.11. The van der Waals surface area contributed by atoms with E-state index in [1.165, 1.54) is 0 Å². The highest BCUT2D eigenvalue weighted by Gasteiger charge is 1.96. The lowest BCUT2D eigenvalue weighted by Gasteiger charge is -2.19. The van der Waals surface area contributed by atoms with Gasteiger partial charge in [0.15, 0.2) is 0 Å². The van der Waals surface area contributed by atoms with Crippen LogP contribution in [-0.2, 0) is 4.74 Å². The molecule has 0 saturated heterocycles. The summed E-state index contributed by atoms with van der Waals surface area (Å²) < 4.78 is 4.95. The van der Waals surface area contributed by atoms with E-state index in [0.29, 0.717) is 0 Å². The summed E-state index contributed by atoms with van der Waals surface area (Å²) >= 11 is 0. The number of methoxy groups -OCH3 is 1. The third-order valence-electron chi connectivity index (χ3n) is 1.58. The van der Waals surface area contributed by atoms with Gasteiger partial charge in [-0.1, -0.05) is 12.7 Å². The largest absolute Gasteiger partial charge is 0.383 e. The Morgan fingerprint density at radius 1 is 1.64 bits per heavy atom. The van der Waals surface area contributed by atoms with Gasteiger partial charge in [-0.05, 0) is 13.0 Å². The van der Waals surface area contributed by atoms with Gasteiger partial charge in [0, 0.05) is 26.4 Å². The Balaban J connectivity index is 3.80. The molecule has 0 N–H and O–H groups in total. The molecule has 0 amide bonds. The molecule has 2 nitrogen and oxygen atoms in total. The number of likely N-dealkylation sites (N-methyl/N-ethyl adjacent to an activating group) is 1. The number of hydrogen-bond donors (Lipinski definition) is 0. The number of allylic oxidation sites excluding steroid dienone is 2. The highest BCUT2D eigenvalue weighted by atomic mass is 16.5. The van der Waals surface area contributed by atoms with Gasteiger partial charge in [-0.2, -0.15) is 0 Å². The van der Waals surface area contributed by atoms with Crippen LogP contribution in [0.5, 0.6) is 0 Å². The van der Waals surface area contributed by atoms with E-state index in [2.05, 4.69) is 11.5 Å². The van der Waals surface area contributed by atoms with Gasteiger partial charge in [0.1, 0.15) is 0 Å². The van der Waals surface area contributed by atoms with Gasteiger partial charge in [-0.3, -0.25) is 0 Å². The Morgan fingerprint density at radius 3 is 2.64 bits per heavy atom. The lowest BCUT2D eigenvalue weighted by Crippen LogP contribution is -2.21. The maximum Gasteiger partial charge on any atom is 0.0637 e. The van der Waals surface area contributed by atoms with Crippen molar-refractivity contribution in [3.05, 3.63) is 24.4 Å². The Labute approximate surface area is 69.2 Å². The Morgan fingerprint density at radius 2 is 2.27 bits per heavy atom. The molecular formula is C9H17NO. The molecule has 2 heteroatoms. The van der Waals surface area contributed by atoms with E-state index in [-0.39, 0.29) is 0 Å². The molecule has 0 radical (unpaired) electrons. The molecule has 0 saturated carbocycles. The van der Waals surface area contributed by atoms with Crippen LogP contribution in [0.1, 0.15) is 6.92 Å². The minimum atomic E-state index is 0.752. The average Bonchev–Trinajstić information content (AvgIpc) is 2.03. The maximum atomic E-state index is 4.95. The third kappa shape index (κ3) is 3.83. The lowest BCUT2D eigenvalue weighted by molar-refractivity contribution is 0.175. The summed E-state index contributed by atoms with van der Waals surface area (Å²) in [6, 6.07) is 0. The fourth-order valence-corrected chi connectivity index (χ4v) is 0.851. The minimum Gasteiger partial charge on any atom is -0.383 e. The van der Waals surface area contributed by atoms with Crippen LogP contribution in [0, 0.1) is 0 Å². The van der Waals surface area contributed by atoms with E-state index in [4.69, 9.17) is 4.74 Å². The molecule has 0 aliphatic heterocycles. The van der Waals surface area contributed by atoms with Crippen LogP contribution in [0.3, 0.4) is 0 Å². The van der Waals surface area contributed by atoms with Crippen LogP contribution < -0.4 is 0 Å². The van der Waals surface area contributed by atoms with Gasteiger partial charge < -0.3 is 9.64 Å². The topological polar surface area (TPSA) is 12.5 Å². The van der Waals surface area contributed by atoms with Gasteiger partial charge in [-0.25, -0.2) is 0 Å². The summed E-state index contributed by atoms with van der Waals surface area (Å²) in [5.41, 5.74) is 1.14. The summed E-state index contributed by atoms with van der Waals surface area (Å²) in [6.07, 6.45) is 3.87. The molecule has 0 unspecified atom stereocenters. The zero-order chi connectivity index (χ0) is 8.69. The summed E-state index contributed by atoms with van der Waals surface area (Å²) in [5, 5.41) is 0. The lowest BCUT2D eigenvalue weighted by atomic mass is 10.3. The molecule has 0 heterocycles. The molecule has 0 bridgehead atoms. The molecule has 0 atom stereocenters. The monoisotopic (exact) mass is 155 g/mol. The van der Waals surface area contributed by atoms with Crippen molar-refractivity contribution in [1.82, 2.24) is 4.90 Å². The van der Waals surface area contributed by atoms with Gasteiger partial charge in [0.2, 0.25) is 0 Å². The molecule has 0 fully saturated rings. The number of rotatable bonds is 5. The van der Waals surface area contributed by atoms with Gasteiger partial charge >= 0.3 is 0 Å². The Hall–Kier alpha value is -0.760. The smallest absolute Gasteiger partial charge is 0.0637 e. The molecule has 0 aromatic carbocycles. The molecule has 0 aliphatic rings. The van der Waals surface area contributed by atoms with Crippen LogP contribution >= 0.6 is 0 Å². The summed E-state index contributed by atoms with van der Waals surface area (Å²) in [5.74, 6) is 0.